The largest absolute Gasteiger partial charge is 0.394 e. The highest BCUT2D eigenvalue weighted by molar-refractivity contribution is 7.13. The lowest BCUT2D eigenvalue weighted by molar-refractivity contribution is -0.142. The number of rotatable bonds is 7. The molecule has 1 aliphatic heterocycles. The smallest absolute Gasteiger partial charge is 0.243 e. The van der Waals surface area contributed by atoms with Crippen molar-refractivity contribution in [2.75, 3.05) is 13.2 Å². The van der Waals surface area contributed by atoms with Gasteiger partial charge in [-0.3, -0.25) is 9.59 Å². The first-order chi connectivity index (χ1) is 17.5. The van der Waals surface area contributed by atoms with Gasteiger partial charge in [-0.15, -0.1) is 11.3 Å². The molecule has 4 rings (SSSR count). The van der Waals surface area contributed by atoms with Crippen LogP contribution in [0.3, 0.4) is 0 Å². The molecule has 1 saturated heterocycles. The second-order valence-corrected chi connectivity index (χ2v) is 11.6. The van der Waals surface area contributed by atoms with Crippen LogP contribution in [0.4, 0.5) is 0 Å². The highest BCUT2D eigenvalue weighted by Gasteiger charge is 2.46. The molecule has 3 heterocycles. The Morgan fingerprint density at radius 2 is 1.95 bits per heavy atom. The number of aromatic nitrogens is 2. The highest BCUT2D eigenvalue weighted by atomic mass is 32.1. The van der Waals surface area contributed by atoms with E-state index in [4.69, 9.17) is 4.52 Å². The number of β-amino-alcohol motifs (C(OH)–C–C–N with tert-alkyl or cyclic N) is 1. The number of benzene rings is 1. The molecule has 9 nitrogen and oxygen atoms in total. The maximum atomic E-state index is 13.8. The van der Waals surface area contributed by atoms with E-state index in [2.05, 4.69) is 15.5 Å². The summed E-state index contributed by atoms with van der Waals surface area (Å²) < 4.78 is 5.44. The summed E-state index contributed by atoms with van der Waals surface area (Å²) >= 11 is 1.55. The van der Waals surface area contributed by atoms with Crippen LogP contribution < -0.4 is 5.32 Å². The number of aryl methyl sites for hydroxylation is 2. The lowest BCUT2D eigenvalue weighted by Gasteiger charge is -2.33. The standard InChI is InChI=1S/C27H34N4O5S/c1-15-10-22(36-30-15)23(27(3,4)5)26(35)31-12-19(33)11-21(31)25(34)29-20(13-32)17-6-8-18(9-7-17)24-16(2)28-14-37-24/h6-10,14,19-21,23,32-33H,11-13H2,1-5H3,(H,29,34)/t19-,20+,21+,23-/m1/s1. The molecule has 0 spiro atoms. The van der Waals surface area contributed by atoms with E-state index in [9.17, 15) is 19.8 Å². The van der Waals surface area contributed by atoms with E-state index in [0.717, 1.165) is 21.7 Å². The van der Waals surface area contributed by atoms with Gasteiger partial charge in [-0.05, 0) is 30.4 Å². The summed E-state index contributed by atoms with van der Waals surface area (Å²) in [6.07, 6.45) is -0.711. The summed E-state index contributed by atoms with van der Waals surface area (Å²) in [5, 5.41) is 27.3. The van der Waals surface area contributed by atoms with Crippen molar-refractivity contribution in [3.8, 4) is 10.4 Å². The molecule has 2 aromatic heterocycles. The quantitative estimate of drug-likeness (QED) is 0.431. The van der Waals surface area contributed by atoms with E-state index in [1.807, 2.05) is 52.0 Å². The zero-order chi connectivity index (χ0) is 26.9. The van der Waals surface area contributed by atoms with Crippen LogP contribution in [-0.4, -0.2) is 62.4 Å². The van der Waals surface area contributed by atoms with Crippen molar-refractivity contribution in [1.82, 2.24) is 20.4 Å². The number of thiazole rings is 1. The first-order valence-electron chi connectivity index (χ1n) is 12.3. The average Bonchev–Trinajstić information content (AvgIpc) is 3.56. The summed E-state index contributed by atoms with van der Waals surface area (Å²) in [5.41, 5.74) is 4.65. The molecule has 0 aliphatic carbocycles. The summed E-state index contributed by atoms with van der Waals surface area (Å²) in [4.78, 5) is 33.9. The first kappa shape index (κ1) is 27.0. The normalized spacial score (nSPS) is 19.6. The van der Waals surface area contributed by atoms with Gasteiger partial charge in [0.25, 0.3) is 0 Å². The van der Waals surface area contributed by atoms with E-state index in [0.29, 0.717) is 11.5 Å². The zero-order valence-corrected chi connectivity index (χ0v) is 22.6. The van der Waals surface area contributed by atoms with Crippen LogP contribution in [0, 0.1) is 19.3 Å². The third-order valence-corrected chi connectivity index (χ3v) is 7.71. The van der Waals surface area contributed by atoms with Gasteiger partial charge in [-0.25, -0.2) is 4.98 Å². The van der Waals surface area contributed by atoms with Crippen molar-refractivity contribution in [3.05, 3.63) is 58.6 Å². The number of hydrogen-bond acceptors (Lipinski definition) is 8. The van der Waals surface area contributed by atoms with Gasteiger partial charge >= 0.3 is 0 Å². The molecule has 3 N–H and O–H groups in total. The van der Waals surface area contributed by atoms with Crippen molar-refractivity contribution in [2.45, 2.75) is 65.1 Å². The van der Waals surface area contributed by atoms with E-state index in [1.165, 1.54) is 4.90 Å². The molecule has 1 fully saturated rings. The Bertz CT molecular complexity index is 1250. The van der Waals surface area contributed by atoms with E-state index < -0.39 is 35.4 Å². The highest BCUT2D eigenvalue weighted by Crippen LogP contribution is 2.38. The van der Waals surface area contributed by atoms with Crippen LogP contribution in [0.5, 0.6) is 0 Å². The summed E-state index contributed by atoms with van der Waals surface area (Å²) in [5.74, 6) is -0.969. The Kier molecular flexibility index (Phi) is 7.82. The van der Waals surface area contributed by atoms with Crippen LogP contribution in [0.15, 0.2) is 40.4 Å². The van der Waals surface area contributed by atoms with Crippen molar-refractivity contribution >= 4 is 23.2 Å². The molecule has 37 heavy (non-hydrogen) atoms. The van der Waals surface area contributed by atoms with E-state index in [1.54, 1.807) is 29.8 Å². The predicted molar refractivity (Wildman–Crippen MR) is 140 cm³/mol. The van der Waals surface area contributed by atoms with Gasteiger partial charge in [0.2, 0.25) is 11.8 Å². The minimum Gasteiger partial charge on any atom is -0.394 e. The molecule has 0 saturated carbocycles. The molecule has 198 valence electrons. The lowest BCUT2D eigenvalue weighted by Crippen LogP contribution is -2.50. The molecule has 0 unspecified atom stereocenters. The zero-order valence-electron chi connectivity index (χ0n) is 21.8. The topological polar surface area (TPSA) is 129 Å². The van der Waals surface area contributed by atoms with E-state index >= 15 is 0 Å². The monoisotopic (exact) mass is 526 g/mol. The predicted octanol–water partition coefficient (Wildman–Crippen LogP) is 3.36. The Balaban J connectivity index is 1.52. The van der Waals surface area contributed by atoms with Crippen molar-refractivity contribution in [3.63, 3.8) is 0 Å². The molecule has 3 aromatic rings. The van der Waals surface area contributed by atoms with Gasteiger partial charge < -0.3 is 25.0 Å². The van der Waals surface area contributed by atoms with Crippen LogP contribution in [0.1, 0.15) is 61.9 Å². The number of likely N-dealkylation sites (tertiary alicyclic amines) is 1. The number of hydrogen-bond donors (Lipinski definition) is 3. The van der Waals surface area contributed by atoms with Gasteiger partial charge in [0.15, 0.2) is 0 Å². The van der Waals surface area contributed by atoms with Crippen molar-refractivity contribution < 1.29 is 24.3 Å². The van der Waals surface area contributed by atoms with Crippen molar-refractivity contribution in [2.24, 2.45) is 5.41 Å². The second kappa shape index (κ2) is 10.7. The summed E-state index contributed by atoms with van der Waals surface area (Å²) in [7, 11) is 0. The van der Waals surface area contributed by atoms with Crippen molar-refractivity contribution in [1.29, 1.82) is 0 Å². The lowest BCUT2D eigenvalue weighted by atomic mass is 9.78. The Hall–Kier alpha value is -3.08. The first-order valence-corrected chi connectivity index (χ1v) is 13.2. The summed E-state index contributed by atoms with van der Waals surface area (Å²) in [6.45, 7) is 9.25. The molecule has 10 heteroatoms. The SMILES string of the molecule is Cc1cc([C@H](C(=O)N2C[C@H](O)C[C@H]2C(=O)N[C@@H](CO)c2ccc(-c3scnc3C)cc2)C(C)(C)C)on1. The van der Waals surface area contributed by atoms with Gasteiger partial charge in [0, 0.05) is 19.0 Å². The number of nitrogens with zero attached hydrogens (tertiary/aromatic N) is 3. The average molecular weight is 527 g/mol. The number of carbonyl (C=O) groups excluding carboxylic acids is 2. The second-order valence-electron chi connectivity index (χ2n) is 10.7. The molecule has 0 radical (unpaired) electrons. The molecule has 1 aliphatic rings. The molecular weight excluding hydrogens is 492 g/mol. The molecule has 0 bridgehead atoms. The van der Waals surface area contributed by atoms with Crippen LogP contribution in [0.2, 0.25) is 0 Å². The Morgan fingerprint density at radius 1 is 1.24 bits per heavy atom. The number of aliphatic hydroxyl groups excluding tert-OH is 2. The van der Waals surface area contributed by atoms with Gasteiger partial charge in [0.05, 0.1) is 40.5 Å². The minimum absolute atomic E-state index is 0.0449. The van der Waals surface area contributed by atoms with Crippen LogP contribution >= 0.6 is 11.3 Å². The molecule has 2 amide bonds. The van der Waals surface area contributed by atoms with Crippen LogP contribution in [-0.2, 0) is 9.59 Å². The fourth-order valence-electron chi connectivity index (χ4n) is 4.86. The van der Waals surface area contributed by atoms with E-state index in [-0.39, 0.29) is 25.5 Å². The Labute approximate surface area is 220 Å². The summed E-state index contributed by atoms with van der Waals surface area (Å²) in [6, 6.07) is 7.81. The number of amides is 2. The molecule has 4 atom stereocenters. The minimum atomic E-state index is -0.871. The molecular formula is C27H34N4O5S. The fraction of sp³-hybridized carbons (Fsp3) is 0.481. The maximum Gasteiger partial charge on any atom is 0.243 e. The van der Waals surface area contributed by atoms with Gasteiger partial charge in [-0.2, -0.15) is 0 Å². The number of nitrogens with one attached hydrogen (secondary N) is 1. The third-order valence-electron chi connectivity index (χ3n) is 6.73. The number of carbonyl (C=O) groups is 2. The van der Waals surface area contributed by atoms with Gasteiger partial charge in [0.1, 0.15) is 17.7 Å². The fourth-order valence-corrected chi connectivity index (χ4v) is 5.67. The number of aliphatic hydroxyl groups is 2. The van der Waals surface area contributed by atoms with Gasteiger partial charge in [-0.1, -0.05) is 50.2 Å². The molecule has 1 aromatic carbocycles. The maximum absolute atomic E-state index is 13.8. The third kappa shape index (κ3) is 5.76. The Morgan fingerprint density at radius 3 is 2.49 bits per heavy atom. The van der Waals surface area contributed by atoms with Crippen LogP contribution in [0.25, 0.3) is 10.4 Å².